The molecule has 0 unspecified atom stereocenters. The van der Waals surface area contributed by atoms with Gasteiger partial charge >= 0.3 is 0 Å². The molecule has 1 saturated heterocycles. The van der Waals surface area contributed by atoms with E-state index < -0.39 is 10.0 Å². The number of hydrogen-bond acceptors (Lipinski definition) is 5. The van der Waals surface area contributed by atoms with Crippen molar-refractivity contribution in [1.82, 2.24) is 10.3 Å². The molecule has 24 heavy (non-hydrogen) atoms. The number of pyridine rings is 1. The Bertz CT molecular complexity index is 934. The van der Waals surface area contributed by atoms with E-state index in [-0.39, 0.29) is 16.0 Å². The fourth-order valence-electron chi connectivity index (χ4n) is 1.96. The topological polar surface area (TPSA) is 88.5 Å². The molecule has 0 aliphatic carbocycles. The number of carbonyl (C=O) groups is 1. The third kappa shape index (κ3) is 3.72. The predicted octanol–water partition coefficient (Wildman–Crippen LogP) is 2.34. The Morgan fingerprint density at radius 2 is 1.96 bits per heavy atom. The molecule has 1 aliphatic rings. The Balaban J connectivity index is 1.86. The molecule has 0 saturated carbocycles. The van der Waals surface area contributed by atoms with Gasteiger partial charge in [0.1, 0.15) is 0 Å². The van der Waals surface area contributed by atoms with Gasteiger partial charge in [-0.25, -0.2) is 0 Å². The average Bonchev–Trinajstić information content (AvgIpc) is 2.87. The minimum Gasteiger partial charge on any atom is -0.300 e. The molecule has 1 aliphatic heterocycles. The molecule has 2 heterocycles. The maximum absolute atomic E-state index is 12.3. The number of benzene rings is 1. The molecule has 6 nitrogen and oxygen atoms in total. The van der Waals surface area contributed by atoms with Crippen molar-refractivity contribution >= 4 is 38.9 Å². The average molecular weight is 359 g/mol. The van der Waals surface area contributed by atoms with Crippen molar-refractivity contribution in [3.8, 4) is 0 Å². The fraction of sp³-hybridized carbons (Fsp3) is 0.0625. The van der Waals surface area contributed by atoms with Crippen LogP contribution in [0.15, 0.2) is 63.0 Å². The van der Waals surface area contributed by atoms with Crippen molar-refractivity contribution in [3.63, 3.8) is 0 Å². The van der Waals surface area contributed by atoms with E-state index in [9.17, 15) is 13.2 Å². The maximum Gasteiger partial charge on any atom is 0.284 e. The number of amidine groups is 1. The van der Waals surface area contributed by atoms with Crippen LogP contribution in [-0.4, -0.2) is 24.5 Å². The molecule has 0 atom stereocenters. The van der Waals surface area contributed by atoms with Crippen LogP contribution in [0.25, 0.3) is 6.08 Å². The lowest BCUT2D eigenvalue weighted by atomic mass is 10.2. The summed E-state index contributed by atoms with van der Waals surface area (Å²) in [6.45, 7) is 1.87. The number of rotatable bonds is 3. The number of nitrogens with zero attached hydrogens (tertiary/aromatic N) is 2. The summed E-state index contributed by atoms with van der Waals surface area (Å²) >= 11 is 0.982. The van der Waals surface area contributed by atoms with Gasteiger partial charge in [0.05, 0.1) is 9.80 Å². The fourth-order valence-corrected chi connectivity index (χ4v) is 3.94. The molecular formula is C16H13N3O3S2. The van der Waals surface area contributed by atoms with Gasteiger partial charge in [-0.05, 0) is 48.5 Å². The van der Waals surface area contributed by atoms with Gasteiger partial charge in [0.25, 0.3) is 15.9 Å². The molecule has 0 bridgehead atoms. The minimum atomic E-state index is -3.87. The summed E-state index contributed by atoms with van der Waals surface area (Å²) in [5.74, 6) is -0.387. The molecule has 3 rings (SSSR count). The summed E-state index contributed by atoms with van der Waals surface area (Å²) in [5.41, 5.74) is 1.70. The molecule has 0 radical (unpaired) electrons. The van der Waals surface area contributed by atoms with E-state index in [2.05, 4.69) is 14.7 Å². The third-order valence-electron chi connectivity index (χ3n) is 3.15. The summed E-state index contributed by atoms with van der Waals surface area (Å²) < 4.78 is 28.3. The Kier molecular flexibility index (Phi) is 4.50. The number of aromatic nitrogens is 1. The largest absolute Gasteiger partial charge is 0.300 e. The van der Waals surface area contributed by atoms with Gasteiger partial charge in [-0.1, -0.05) is 23.8 Å². The van der Waals surface area contributed by atoms with Crippen LogP contribution < -0.4 is 5.32 Å². The van der Waals surface area contributed by atoms with E-state index >= 15 is 0 Å². The summed E-state index contributed by atoms with van der Waals surface area (Å²) in [4.78, 5) is 16.4. The number of carbonyl (C=O) groups excluding carboxylic acids is 1. The normalized spacial score (nSPS) is 18.1. The van der Waals surface area contributed by atoms with Gasteiger partial charge in [-0.2, -0.15) is 8.42 Å². The first kappa shape index (κ1) is 16.4. The predicted molar refractivity (Wildman–Crippen MR) is 93.7 cm³/mol. The first-order chi connectivity index (χ1) is 11.4. The molecular weight excluding hydrogens is 346 g/mol. The highest BCUT2D eigenvalue weighted by Crippen LogP contribution is 2.27. The third-order valence-corrected chi connectivity index (χ3v) is 5.47. The second-order valence-corrected chi connectivity index (χ2v) is 7.67. The Morgan fingerprint density at radius 3 is 2.62 bits per heavy atom. The highest BCUT2D eigenvalue weighted by Gasteiger charge is 2.26. The summed E-state index contributed by atoms with van der Waals surface area (Å²) in [5, 5.41) is 2.51. The highest BCUT2D eigenvalue weighted by molar-refractivity contribution is 8.19. The molecule has 1 fully saturated rings. The number of amides is 1. The van der Waals surface area contributed by atoms with Crippen molar-refractivity contribution in [3.05, 3.63) is 64.8 Å². The summed E-state index contributed by atoms with van der Waals surface area (Å²) in [7, 11) is -3.87. The van der Waals surface area contributed by atoms with E-state index in [1.165, 1.54) is 12.1 Å². The number of sulfonamides is 1. The van der Waals surface area contributed by atoms with E-state index in [4.69, 9.17) is 0 Å². The minimum absolute atomic E-state index is 0.0377. The zero-order valence-corrected chi connectivity index (χ0v) is 14.3. The second kappa shape index (κ2) is 6.58. The quantitative estimate of drug-likeness (QED) is 0.850. The van der Waals surface area contributed by atoms with Crippen molar-refractivity contribution in [2.45, 2.75) is 11.8 Å². The monoisotopic (exact) mass is 359 g/mol. The smallest absolute Gasteiger partial charge is 0.284 e. The van der Waals surface area contributed by atoms with E-state index in [1.807, 2.05) is 6.92 Å². The Morgan fingerprint density at radius 1 is 1.21 bits per heavy atom. The van der Waals surface area contributed by atoms with E-state index in [0.717, 1.165) is 22.9 Å². The van der Waals surface area contributed by atoms with Gasteiger partial charge < -0.3 is 0 Å². The zero-order chi connectivity index (χ0) is 17.2. The van der Waals surface area contributed by atoms with Crippen LogP contribution in [0.2, 0.25) is 0 Å². The maximum atomic E-state index is 12.3. The van der Waals surface area contributed by atoms with Crippen LogP contribution in [-0.2, 0) is 14.8 Å². The summed E-state index contributed by atoms with van der Waals surface area (Å²) in [6, 6.07) is 9.92. The van der Waals surface area contributed by atoms with Crippen LogP contribution in [0.4, 0.5) is 0 Å². The molecule has 1 aromatic carbocycles. The lowest BCUT2D eigenvalue weighted by Crippen LogP contribution is -2.20. The van der Waals surface area contributed by atoms with Crippen LogP contribution >= 0.6 is 11.8 Å². The van der Waals surface area contributed by atoms with E-state index in [0.29, 0.717) is 4.91 Å². The number of aryl methyl sites for hydroxylation is 1. The van der Waals surface area contributed by atoms with Gasteiger partial charge in [0.15, 0.2) is 5.17 Å². The van der Waals surface area contributed by atoms with E-state index in [1.54, 1.807) is 42.7 Å². The van der Waals surface area contributed by atoms with Crippen LogP contribution in [0.1, 0.15) is 11.1 Å². The molecule has 2 aromatic rings. The number of hydrogen-bond donors (Lipinski definition) is 1. The van der Waals surface area contributed by atoms with Gasteiger partial charge in [0, 0.05) is 12.4 Å². The molecule has 122 valence electrons. The second-order valence-electron chi connectivity index (χ2n) is 5.04. The van der Waals surface area contributed by atoms with Crippen molar-refractivity contribution in [2.75, 3.05) is 0 Å². The number of nitrogens with one attached hydrogen (secondary N) is 1. The molecule has 1 amide bonds. The SMILES string of the molecule is Cc1ccc(S(=O)(=O)N=C2NC(=O)C(=Cc3cccnc3)S2)cc1. The van der Waals surface area contributed by atoms with Crippen molar-refractivity contribution in [2.24, 2.45) is 4.40 Å². The highest BCUT2D eigenvalue weighted by atomic mass is 32.2. The standard InChI is InChI=1S/C16H13N3O3S2/c1-11-4-6-13(7-5-11)24(21,22)19-16-18-15(20)14(23-16)9-12-3-2-8-17-10-12/h2-10H,1H3,(H,18,19,20). The molecule has 8 heteroatoms. The lowest BCUT2D eigenvalue weighted by molar-refractivity contribution is -0.115. The Hall–Kier alpha value is -2.45. The van der Waals surface area contributed by atoms with Gasteiger partial charge in [-0.3, -0.25) is 15.1 Å². The van der Waals surface area contributed by atoms with Gasteiger partial charge in [0.2, 0.25) is 0 Å². The number of thioether (sulfide) groups is 1. The van der Waals surface area contributed by atoms with Crippen LogP contribution in [0.3, 0.4) is 0 Å². The molecule has 1 aromatic heterocycles. The zero-order valence-electron chi connectivity index (χ0n) is 12.6. The molecule has 0 spiro atoms. The molecule has 1 N–H and O–H groups in total. The van der Waals surface area contributed by atoms with Crippen LogP contribution in [0, 0.1) is 6.92 Å². The first-order valence-electron chi connectivity index (χ1n) is 6.97. The Labute approximate surface area is 143 Å². The van der Waals surface area contributed by atoms with Crippen molar-refractivity contribution in [1.29, 1.82) is 0 Å². The van der Waals surface area contributed by atoms with Crippen molar-refractivity contribution < 1.29 is 13.2 Å². The van der Waals surface area contributed by atoms with Gasteiger partial charge in [-0.15, -0.1) is 4.40 Å². The first-order valence-corrected chi connectivity index (χ1v) is 9.22. The van der Waals surface area contributed by atoms with Crippen LogP contribution in [0.5, 0.6) is 0 Å². The lowest BCUT2D eigenvalue weighted by Gasteiger charge is -2.00. The summed E-state index contributed by atoms with van der Waals surface area (Å²) in [6.07, 6.45) is 4.87.